The smallest absolute Gasteiger partial charge is 0.391 e. The molecule has 0 aliphatic heterocycles. The van der Waals surface area contributed by atoms with Crippen LogP contribution in [0.3, 0.4) is 0 Å². The average molecular weight is 343 g/mol. The average Bonchev–Trinajstić information content (AvgIpc) is 2.58. The first-order chi connectivity index (χ1) is 11.4. The third-order valence-corrected chi connectivity index (χ3v) is 4.68. The molecule has 0 spiro atoms. The lowest BCUT2D eigenvalue weighted by Crippen LogP contribution is -2.42. The second-order valence-corrected chi connectivity index (χ2v) is 6.39. The SMILES string of the molecule is O=C(C1CCCC(C(F)(F)F)C1)N(CCO)CCc1ccccc1. The van der Waals surface area contributed by atoms with E-state index < -0.39 is 18.0 Å². The molecule has 1 aromatic carbocycles. The van der Waals surface area contributed by atoms with Gasteiger partial charge in [-0.1, -0.05) is 36.8 Å². The molecule has 3 nitrogen and oxygen atoms in total. The first-order valence-electron chi connectivity index (χ1n) is 8.42. The summed E-state index contributed by atoms with van der Waals surface area (Å²) in [6.45, 7) is 0.394. The zero-order chi connectivity index (χ0) is 17.6. The van der Waals surface area contributed by atoms with E-state index in [-0.39, 0.29) is 31.9 Å². The molecule has 134 valence electrons. The third-order valence-electron chi connectivity index (χ3n) is 4.68. The number of aliphatic hydroxyl groups is 1. The monoisotopic (exact) mass is 343 g/mol. The van der Waals surface area contributed by atoms with E-state index in [9.17, 15) is 23.1 Å². The van der Waals surface area contributed by atoms with Crippen molar-refractivity contribution in [3.8, 4) is 0 Å². The molecule has 0 aromatic heterocycles. The van der Waals surface area contributed by atoms with Crippen molar-refractivity contribution in [3.63, 3.8) is 0 Å². The molecule has 24 heavy (non-hydrogen) atoms. The first kappa shape index (κ1) is 18.8. The van der Waals surface area contributed by atoms with E-state index in [1.165, 1.54) is 4.90 Å². The summed E-state index contributed by atoms with van der Waals surface area (Å²) in [4.78, 5) is 14.1. The summed E-state index contributed by atoms with van der Waals surface area (Å²) in [6.07, 6.45) is -2.70. The van der Waals surface area contributed by atoms with Crippen LogP contribution in [0.4, 0.5) is 13.2 Å². The van der Waals surface area contributed by atoms with Crippen LogP contribution in [0, 0.1) is 11.8 Å². The van der Waals surface area contributed by atoms with E-state index in [0.29, 0.717) is 25.8 Å². The van der Waals surface area contributed by atoms with Crippen molar-refractivity contribution in [2.45, 2.75) is 38.3 Å². The molecule has 0 saturated heterocycles. The van der Waals surface area contributed by atoms with Crippen LogP contribution in [-0.2, 0) is 11.2 Å². The second kappa shape index (κ2) is 8.51. The predicted octanol–water partition coefficient (Wildman–Crippen LogP) is 3.42. The Labute approximate surface area is 140 Å². The van der Waals surface area contributed by atoms with Crippen molar-refractivity contribution in [3.05, 3.63) is 35.9 Å². The molecule has 0 radical (unpaired) electrons. The second-order valence-electron chi connectivity index (χ2n) is 6.39. The summed E-state index contributed by atoms with van der Waals surface area (Å²) in [5.74, 6) is -2.23. The van der Waals surface area contributed by atoms with Gasteiger partial charge in [0.2, 0.25) is 5.91 Å². The van der Waals surface area contributed by atoms with Crippen LogP contribution >= 0.6 is 0 Å². The number of hydrogen-bond acceptors (Lipinski definition) is 2. The molecule has 1 aliphatic rings. The van der Waals surface area contributed by atoms with E-state index in [2.05, 4.69) is 0 Å². The fraction of sp³-hybridized carbons (Fsp3) is 0.611. The van der Waals surface area contributed by atoms with Gasteiger partial charge in [-0.25, -0.2) is 0 Å². The molecule has 2 rings (SSSR count). The summed E-state index contributed by atoms with van der Waals surface area (Å²) in [5, 5.41) is 9.19. The minimum absolute atomic E-state index is 0.108. The summed E-state index contributed by atoms with van der Waals surface area (Å²) < 4.78 is 38.8. The Kier molecular flexibility index (Phi) is 6.66. The number of benzene rings is 1. The van der Waals surface area contributed by atoms with Crippen LogP contribution in [0.5, 0.6) is 0 Å². The van der Waals surface area contributed by atoms with Crippen LogP contribution < -0.4 is 0 Å². The van der Waals surface area contributed by atoms with Crippen LogP contribution in [-0.4, -0.2) is 41.8 Å². The Morgan fingerprint density at radius 2 is 1.88 bits per heavy atom. The maximum atomic E-state index is 12.9. The maximum absolute atomic E-state index is 12.9. The van der Waals surface area contributed by atoms with Crippen molar-refractivity contribution in [1.29, 1.82) is 0 Å². The van der Waals surface area contributed by atoms with E-state index in [1.807, 2.05) is 30.3 Å². The van der Waals surface area contributed by atoms with Gasteiger partial charge in [0.05, 0.1) is 12.5 Å². The fourth-order valence-electron chi connectivity index (χ4n) is 3.33. The Balaban J connectivity index is 1.97. The van der Waals surface area contributed by atoms with Crippen molar-refractivity contribution in [1.82, 2.24) is 4.90 Å². The number of carbonyl (C=O) groups is 1. The number of alkyl halides is 3. The zero-order valence-electron chi connectivity index (χ0n) is 13.6. The highest BCUT2D eigenvalue weighted by atomic mass is 19.4. The van der Waals surface area contributed by atoms with Crippen LogP contribution in [0.1, 0.15) is 31.2 Å². The van der Waals surface area contributed by atoms with Gasteiger partial charge in [-0.15, -0.1) is 0 Å². The van der Waals surface area contributed by atoms with E-state index >= 15 is 0 Å². The van der Waals surface area contributed by atoms with Crippen molar-refractivity contribution in [2.24, 2.45) is 11.8 Å². The summed E-state index contributed by atoms with van der Waals surface area (Å²) in [5.41, 5.74) is 1.06. The number of rotatable bonds is 6. The Morgan fingerprint density at radius 3 is 2.50 bits per heavy atom. The van der Waals surface area contributed by atoms with Gasteiger partial charge < -0.3 is 10.0 Å². The van der Waals surface area contributed by atoms with Crippen molar-refractivity contribution >= 4 is 5.91 Å². The fourth-order valence-corrected chi connectivity index (χ4v) is 3.33. The normalized spacial score (nSPS) is 21.5. The number of aliphatic hydroxyl groups excluding tert-OH is 1. The molecule has 0 heterocycles. The van der Waals surface area contributed by atoms with Gasteiger partial charge in [0.25, 0.3) is 0 Å². The van der Waals surface area contributed by atoms with Gasteiger partial charge in [-0.3, -0.25) is 4.79 Å². The quantitative estimate of drug-likeness (QED) is 0.860. The molecule has 1 fully saturated rings. The molecule has 2 atom stereocenters. The topological polar surface area (TPSA) is 40.5 Å². The van der Waals surface area contributed by atoms with Crippen molar-refractivity contribution in [2.75, 3.05) is 19.7 Å². The predicted molar refractivity (Wildman–Crippen MR) is 85.3 cm³/mol. The van der Waals surface area contributed by atoms with Crippen LogP contribution in [0.2, 0.25) is 0 Å². The number of amides is 1. The molecule has 6 heteroatoms. The number of hydrogen-bond donors (Lipinski definition) is 1. The minimum atomic E-state index is -4.23. The van der Waals surface area contributed by atoms with Gasteiger partial charge in [-0.2, -0.15) is 13.2 Å². The molecule has 0 bridgehead atoms. The van der Waals surface area contributed by atoms with Gasteiger partial charge in [0.15, 0.2) is 0 Å². The molecule has 2 unspecified atom stereocenters. The largest absolute Gasteiger partial charge is 0.395 e. The first-order valence-corrected chi connectivity index (χ1v) is 8.42. The standard InChI is InChI=1S/C18H24F3NO2/c19-18(20,21)16-8-4-7-15(13-16)17(24)22(11-12-23)10-9-14-5-2-1-3-6-14/h1-3,5-6,15-16,23H,4,7-13H2. The zero-order valence-corrected chi connectivity index (χ0v) is 13.6. The minimum Gasteiger partial charge on any atom is -0.395 e. The lowest BCUT2D eigenvalue weighted by atomic mass is 9.80. The molecular formula is C18H24F3NO2. The van der Waals surface area contributed by atoms with Crippen LogP contribution in [0.15, 0.2) is 30.3 Å². The van der Waals surface area contributed by atoms with Gasteiger partial charge >= 0.3 is 6.18 Å². The van der Waals surface area contributed by atoms with Gasteiger partial charge in [-0.05, 0) is 31.2 Å². The maximum Gasteiger partial charge on any atom is 0.391 e. The van der Waals surface area contributed by atoms with E-state index in [1.54, 1.807) is 0 Å². The van der Waals surface area contributed by atoms with Crippen molar-refractivity contribution < 1.29 is 23.1 Å². The number of halogens is 3. The summed E-state index contributed by atoms with van der Waals surface area (Å²) in [7, 11) is 0. The third kappa shape index (κ3) is 5.23. The number of carbonyl (C=O) groups excluding carboxylic acids is 1. The molecule has 1 amide bonds. The molecule has 1 N–H and O–H groups in total. The Bertz CT molecular complexity index is 519. The summed E-state index contributed by atoms with van der Waals surface area (Å²) in [6, 6.07) is 9.61. The molecule has 1 aliphatic carbocycles. The molecular weight excluding hydrogens is 319 g/mol. The molecule has 1 aromatic rings. The van der Waals surface area contributed by atoms with Gasteiger partial charge in [0.1, 0.15) is 0 Å². The lowest BCUT2D eigenvalue weighted by Gasteiger charge is -2.33. The molecule has 1 saturated carbocycles. The Morgan fingerprint density at radius 1 is 1.17 bits per heavy atom. The van der Waals surface area contributed by atoms with E-state index in [0.717, 1.165) is 5.56 Å². The van der Waals surface area contributed by atoms with Crippen LogP contribution in [0.25, 0.3) is 0 Å². The summed E-state index contributed by atoms with van der Waals surface area (Å²) >= 11 is 0. The highest BCUT2D eigenvalue weighted by molar-refractivity contribution is 5.79. The van der Waals surface area contributed by atoms with Gasteiger partial charge in [0, 0.05) is 19.0 Å². The highest BCUT2D eigenvalue weighted by Crippen LogP contribution is 2.40. The highest BCUT2D eigenvalue weighted by Gasteiger charge is 2.44. The Hall–Kier alpha value is -1.56. The van der Waals surface area contributed by atoms with E-state index in [4.69, 9.17) is 0 Å². The lowest BCUT2D eigenvalue weighted by molar-refractivity contribution is -0.187. The number of nitrogens with zero attached hydrogens (tertiary/aromatic N) is 1.